The van der Waals surface area contributed by atoms with Crippen LogP contribution in [0, 0.1) is 0 Å². The largest absolute Gasteiger partial charge is 0.497 e. The van der Waals surface area contributed by atoms with Gasteiger partial charge in [0.05, 0.1) is 20.8 Å². The lowest BCUT2D eigenvalue weighted by atomic mass is 10.2. The van der Waals surface area contributed by atoms with Crippen LogP contribution < -0.4 is 25.0 Å². The molecule has 1 aromatic rings. The van der Waals surface area contributed by atoms with Gasteiger partial charge in [0.25, 0.3) is 0 Å². The molecule has 28 heavy (non-hydrogen) atoms. The zero-order chi connectivity index (χ0) is 19.9. The summed E-state index contributed by atoms with van der Waals surface area (Å²) in [6.45, 7) is 6.96. The highest BCUT2D eigenvalue weighted by Crippen LogP contribution is 2.30. The number of likely N-dealkylation sites (N-methyl/N-ethyl adjacent to an activating group) is 1. The third-order valence-electron chi connectivity index (χ3n) is 5.71. The van der Waals surface area contributed by atoms with Gasteiger partial charge in [0.2, 0.25) is 0 Å². The topological polar surface area (TPSA) is 61.4 Å². The Hall–Kier alpha value is -2.15. The summed E-state index contributed by atoms with van der Waals surface area (Å²) in [6, 6.07) is 6.99. The van der Waals surface area contributed by atoms with Crippen molar-refractivity contribution in [2.24, 2.45) is 4.99 Å². The fourth-order valence-corrected chi connectivity index (χ4v) is 4.01. The Balaban J connectivity index is 1.60. The first-order valence-corrected chi connectivity index (χ1v) is 10.4. The van der Waals surface area contributed by atoms with Gasteiger partial charge in [-0.2, -0.15) is 0 Å². The van der Waals surface area contributed by atoms with Crippen LogP contribution >= 0.6 is 0 Å². The molecule has 2 atom stereocenters. The van der Waals surface area contributed by atoms with Crippen LogP contribution in [0.15, 0.2) is 23.2 Å². The third-order valence-corrected chi connectivity index (χ3v) is 5.71. The van der Waals surface area contributed by atoms with E-state index in [1.165, 1.54) is 19.4 Å². The molecule has 2 saturated heterocycles. The van der Waals surface area contributed by atoms with E-state index in [4.69, 9.17) is 14.5 Å². The molecular formula is C21H35N5O2. The number of hydrogen-bond donors (Lipinski definition) is 2. The molecule has 2 N–H and O–H groups in total. The lowest BCUT2D eigenvalue weighted by molar-refractivity contribution is 0.317. The number of likely N-dealkylation sites (tertiary alicyclic amines) is 1. The Kier molecular flexibility index (Phi) is 7.25. The molecule has 0 aromatic heterocycles. The third kappa shape index (κ3) is 5.22. The van der Waals surface area contributed by atoms with E-state index in [-0.39, 0.29) is 0 Å². The second-order valence-electron chi connectivity index (χ2n) is 7.64. The highest BCUT2D eigenvalue weighted by Gasteiger charge is 2.25. The summed E-state index contributed by atoms with van der Waals surface area (Å²) in [7, 11) is 5.58. The van der Waals surface area contributed by atoms with Crippen LogP contribution in [0.2, 0.25) is 0 Å². The van der Waals surface area contributed by atoms with E-state index in [1.54, 1.807) is 14.2 Å². The van der Waals surface area contributed by atoms with Crippen molar-refractivity contribution in [2.75, 3.05) is 58.9 Å². The molecule has 2 fully saturated rings. The highest BCUT2D eigenvalue weighted by atomic mass is 16.5. The van der Waals surface area contributed by atoms with Gasteiger partial charge < -0.3 is 29.9 Å². The minimum absolute atomic E-state index is 0.372. The predicted octanol–water partition coefficient (Wildman–Crippen LogP) is 1.93. The van der Waals surface area contributed by atoms with Crippen molar-refractivity contribution in [1.29, 1.82) is 0 Å². The van der Waals surface area contributed by atoms with E-state index in [0.717, 1.165) is 55.7 Å². The molecule has 0 spiro atoms. The molecule has 0 amide bonds. The number of anilines is 1. The number of benzene rings is 1. The van der Waals surface area contributed by atoms with Gasteiger partial charge in [-0.05, 0) is 39.8 Å². The number of nitrogens with one attached hydrogen (secondary N) is 2. The molecule has 2 unspecified atom stereocenters. The van der Waals surface area contributed by atoms with E-state index in [1.807, 2.05) is 6.07 Å². The summed E-state index contributed by atoms with van der Waals surface area (Å²) in [5, 5.41) is 7.03. The molecule has 0 saturated carbocycles. The first-order chi connectivity index (χ1) is 13.6. The van der Waals surface area contributed by atoms with Gasteiger partial charge in [0.15, 0.2) is 5.96 Å². The number of guanidine groups is 1. The van der Waals surface area contributed by atoms with Crippen molar-refractivity contribution in [3.63, 3.8) is 0 Å². The Morgan fingerprint density at radius 2 is 1.89 bits per heavy atom. The van der Waals surface area contributed by atoms with Crippen LogP contribution in [0.5, 0.6) is 11.5 Å². The molecule has 1 aromatic carbocycles. The fourth-order valence-electron chi connectivity index (χ4n) is 4.01. The standard InChI is InChI=1S/C21H35N5O2/c1-5-22-21(23-14-17-7-6-9-25(17)2)24-16-8-10-26(15-16)18-11-19(27-3)13-20(12-18)28-4/h11-13,16-17H,5-10,14-15H2,1-4H3,(H2,22,23,24). The van der Waals surface area contributed by atoms with Crippen molar-refractivity contribution >= 4 is 11.6 Å². The smallest absolute Gasteiger partial charge is 0.191 e. The van der Waals surface area contributed by atoms with Gasteiger partial charge >= 0.3 is 0 Å². The average Bonchev–Trinajstić information content (AvgIpc) is 3.34. The maximum absolute atomic E-state index is 5.41. The van der Waals surface area contributed by atoms with E-state index < -0.39 is 0 Å². The average molecular weight is 390 g/mol. The minimum Gasteiger partial charge on any atom is -0.497 e. The molecule has 7 nitrogen and oxygen atoms in total. The molecule has 7 heteroatoms. The molecule has 3 rings (SSSR count). The first kappa shape index (κ1) is 20.6. The van der Waals surface area contributed by atoms with Crippen molar-refractivity contribution in [1.82, 2.24) is 15.5 Å². The predicted molar refractivity (Wildman–Crippen MR) is 115 cm³/mol. The summed E-state index contributed by atoms with van der Waals surface area (Å²) < 4.78 is 10.8. The Bertz CT molecular complexity index is 644. The summed E-state index contributed by atoms with van der Waals surface area (Å²) >= 11 is 0. The van der Waals surface area contributed by atoms with Crippen LogP contribution in [0.3, 0.4) is 0 Å². The molecule has 156 valence electrons. The van der Waals surface area contributed by atoms with E-state index in [9.17, 15) is 0 Å². The lowest BCUT2D eigenvalue weighted by Crippen LogP contribution is -2.45. The Labute approximate surface area is 169 Å². The normalized spacial score (nSPS) is 23.1. The van der Waals surface area contributed by atoms with Crippen LogP contribution in [0.25, 0.3) is 0 Å². The van der Waals surface area contributed by atoms with E-state index in [2.05, 4.69) is 46.5 Å². The fraction of sp³-hybridized carbons (Fsp3) is 0.667. The zero-order valence-corrected chi connectivity index (χ0v) is 17.7. The maximum Gasteiger partial charge on any atom is 0.191 e. The highest BCUT2D eigenvalue weighted by molar-refractivity contribution is 5.80. The van der Waals surface area contributed by atoms with Crippen LogP contribution in [-0.2, 0) is 0 Å². The monoisotopic (exact) mass is 389 g/mol. The molecular weight excluding hydrogens is 354 g/mol. The van der Waals surface area contributed by atoms with Crippen molar-refractivity contribution in [3.8, 4) is 11.5 Å². The second-order valence-corrected chi connectivity index (χ2v) is 7.64. The molecule has 2 heterocycles. The summed E-state index contributed by atoms with van der Waals surface area (Å²) in [6.07, 6.45) is 3.60. The molecule has 0 bridgehead atoms. The van der Waals surface area contributed by atoms with Gasteiger partial charge in [-0.15, -0.1) is 0 Å². The van der Waals surface area contributed by atoms with E-state index in [0.29, 0.717) is 12.1 Å². The SMILES string of the molecule is CCNC(=NCC1CCCN1C)NC1CCN(c2cc(OC)cc(OC)c2)C1. The minimum atomic E-state index is 0.372. The Morgan fingerprint density at radius 3 is 2.50 bits per heavy atom. The molecule has 0 radical (unpaired) electrons. The van der Waals surface area contributed by atoms with Crippen molar-refractivity contribution in [3.05, 3.63) is 18.2 Å². The molecule has 2 aliphatic rings. The lowest BCUT2D eigenvalue weighted by Gasteiger charge is -2.22. The van der Waals surface area contributed by atoms with Gasteiger partial charge in [-0.25, -0.2) is 0 Å². The van der Waals surface area contributed by atoms with Gasteiger partial charge in [-0.3, -0.25) is 4.99 Å². The summed E-state index contributed by atoms with van der Waals surface area (Å²) in [5.74, 6) is 2.57. The van der Waals surface area contributed by atoms with Crippen molar-refractivity contribution in [2.45, 2.75) is 38.3 Å². The zero-order valence-electron chi connectivity index (χ0n) is 17.7. The van der Waals surface area contributed by atoms with Gasteiger partial charge in [0, 0.05) is 55.6 Å². The Morgan fingerprint density at radius 1 is 1.14 bits per heavy atom. The maximum atomic E-state index is 5.41. The number of methoxy groups -OCH3 is 2. The quantitative estimate of drug-likeness (QED) is 0.549. The molecule has 2 aliphatic heterocycles. The number of nitrogens with zero attached hydrogens (tertiary/aromatic N) is 3. The summed E-state index contributed by atoms with van der Waals surface area (Å²) in [5.41, 5.74) is 1.13. The molecule has 0 aliphatic carbocycles. The number of aliphatic imine (C=N–C) groups is 1. The van der Waals surface area contributed by atoms with Crippen LogP contribution in [-0.4, -0.2) is 76.9 Å². The number of ether oxygens (including phenoxy) is 2. The number of rotatable bonds is 7. The van der Waals surface area contributed by atoms with E-state index >= 15 is 0 Å². The van der Waals surface area contributed by atoms with Gasteiger partial charge in [-0.1, -0.05) is 0 Å². The van der Waals surface area contributed by atoms with Crippen LogP contribution in [0.4, 0.5) is 5.69 Å². The summed E-state index contributed by atoms with van der Waals surface area (Å²) in [4.78, 5) is 9.65. The van der Waals surface area contributed by atoms with Gasteiger partial charge in [0.1, 0.15) is 11.5 Å². The first-order valence-electron chi connectivity index (χ1n) is 10.4. The van der Waals surface area contributed by atoms with Crippen LogP contribution in [0.1, 0.15) is 26.2 Å². The number of hydrogen-bond acceptors (Lipinski definition) is 5. The second kappa shape index (κ2) is 9.87. The van der Waals surface area contributed by atoms with Crippen molar-refractivity contribution < 1.29 is 9.47 Å².